The molecule has 6 nitrogen and oxygen atoms in total. The lowest BCUT2D eigenvalue weighted by molar-refractivity contribution is -0.119. The highest BCUT2D eigenvalue weighted by Crippen LogP contribution is 2.22. The van der Waals surface area contributed by atoms with Gasteiger partial charge in [0.1, 0.15) is 5.69 Å². The molecule has 0 bridgehead atoms. The SMILES string of the molecule is Cc1cc(C)c(NC(=O)COC(=O)c2cc(-c3ccccc3)n[nH]2)c(C)c1. The van der Waals surface area contributed by atoms with Gasteiger partial charge in [-0.1, -0.05) is 48.0 Å². The number of esters is 1. The Bertz CT molecular complexity index is 954. The molecule has 0 spiro atoms. The Hall–Kier alpha value is -3.41. The fourth-order valence-electron chi connectivity index (χ4n) is 2.94. The van der Waals surface area contributed by atoms with Crippen molar-refractivity contribution in [3.63, 3.8) is 0 Å². The maximum atomic E-state index is 12.2. The summed E-state index contributed by atoms with van der Waals surface area (Å²) in [5.41, 5.74) is 5.53. The summed E-state index contributed by atoms with van der Waals surface area (Å²) < 4.78 is 5.09. The summed E-state index contributed by atoms with van der Waals surface area (Å²) in [6, 6.07) is 15.1. The first-order valence-electron chi connectivity index (χ1n) is 8.59. The number of nitrogens with zero attached hydrogens (tertiary/aromatic N) is 1. The molecule has 3 rings (SSSR count). The van der Waals surface area contributed by atoms with Crippen LogP contribution in [0, 0.1) is 20.8 Å². The van der Waals surface area contributed by atoms with Crippen molar-refractivity contribution in [2.75, 3.05) is 11.9 Å². The smallest absolute Gasteiger partial charge is 0.356 e. The zero-order valence-electron chi connectivity index (χ0n) is 15.5. The van der Waals surface area contributed by atoms with Gasteiger partial charge < -0.3 is 10.1 Å². The molecule has 2 aromatic carbocycles. The number of ether oxygens (including phenoxy) is 1. The number of amides is 1. The fraction of sp³-hybridized carbons (Fsp3) is 0.190. The van der Waals surface area contributed by atoms with Crippen molar-refractivity contribution in [2.45, 2.75) is 20.8 Å². The van der Waals surface area contributed by atoms with Crippen LogP contribution in [0.5, 0.6) is 0 Å². The summed E-state index contributed by atoms with van der Waals surface area (Å²) in [4.78, 5) is 24.3. The second-order valence-electron chi connectivity index (χ2n) is 6.43. The van der Waals surface area contributed by atoms with E-state index in [1.165, 1.54) is 0 Å². The molecular formula is C21H21N3O3. The molecule has 138 valence electrons. The van der Waals surface area contributed by atoms with Crippen molar-refractivity contribution in [2.24, 2.45) is 0 Å². The Kier molecular flexibility index (Phi) is 5.35. The van der Waals surface area contributed by atoms with Gasteiger partial charge in [0.15, 0.2) is 6.61 Å². The first-order chi connectivity index (χ1) is 12.9. The molecule has 6 heteroatoms. The number of H-pyrrole nitrogens is 1. The van der Waals surface area contributed by atoms with Gasteiger partial charge in [-0.05, 0) is 38.0 Å². The van der Waals surface area contributed by atoms with Gasteiger partial charge in [-0.15, -0.1) is 0 Å². The quantitative estimate of drug-likeness (QED) is 0.676. The third-order valence-corrected chi connectivity index (χ3v) is 4.14. The first-order valence-corrected chi connectivity index (χ1v) is 8.59. The predicted molar refractivity (Wildman–Crippen MR) is 104 cm³/mol. The number of aromatic nitrogens is 2. The molecule has 1 aromatic heterocycles. The van der Waals surface area contributed by atoms with Crippen molar-refractivity contribution >= 4 is 17.6 Å². The summed E-state index contributed by atoms with van der Waals surface area (Å²) in [5, 5.41) is 9.55. The van der Waals surface area contributed by atoms with E-state index in [4.69, 9.17) is 4.74 Å². The number of anilines is 1. The minimum atomic E-state index is -0.628. The number of hydrogen-bond donors (Lipinski definition) is 2. The Morgan fingerprint density at radius 3 is 2.37 bits per heavy atom. The Morgan fingerprint density at radius 1 is 1.04 bits per heavy atom. The monoisotopic (exact) mass is 363 g/mol. The van der Waals surface area contributed by atoms with Crippen molar-refractivity contribution in [1.82, 2.24) is 10.2 Å². The molecular weight excluding hydrogens is 342 g/mol. The van der Waals surface area contributed by atoms with Crippen LogP contribution in [0.4, 0.5) is 5.69 Å². The van der Waals surface area contributed by atoms with Crippen LogP contribution in [-0.4, -0.2) is 28.7 Å². The van der Waals surface area contributed by atoms with E-state index in [-0.39, 0.29) is 18.2 Å². The lowest BCUT2D eigenvalue weighted by Crippen LogP contribution is -2.22. The van der Waals surface area contributed by atoms with E-state index in [0.29, 0.717) is 5.69 Å². The van der Waals surface area contributed by atoms with Gasteiger partial charge in [0.05, 0.1) is 5.69 Å². The molecule has 0 aliphatic carbocycles. The number of aryl methyl sites for hydroxylation is 3. The number of carbonyl (C=O) groups excluding carboxylic acids is 2. The van der Waals surface area contributed by atoms with Gasteiger partial charge >= 0.3 is 5.97 Å². The van der Waals surface area contributed by atoms with E-state index >= 15 is 0 Å². The van der Waals surface area contributed by atoms with Gasteiger partial charge in [-0.2, -0.15) is 5.10 Å². The maximum absolute atomic E-state index is 12.2. The normalized spacial score (nSPS) is 10.5. The van der Waals surface area contributed by atoms with Crippen LogP contribution in [0.25, 0.3) is 11.3 Å². The molecule has 0 saturated heterocycles. The maximum Gasteiger partial charge on any atom is 0.356 e. The molecule has 0 unspecified atom stereocenters. The predicted octanol–water partition coefficient (Wildman–Crippen LogP) is 3.80. The molecule has 2 N–H and O–H groups in total. The van der Waals surface area contributed by atoms with E-state index < -0.39 is 5.97 Å². The lowest BCUT2D eigenvalue weighted by Gasteiger charge is -2.12. The Morgan fingerprint density at radius 2 is 1.70 bits per heavy atom. The number of rotatable bonds is 5. The summed E-state index contributed by atoms with van der Waals surface area (Å²) in [6.45, 7) is 5.49. The first kappa shape index (κ1) is 18.4. The summed E-state index contributed by atoms with van der Waals surface area (Å²) in [7, 11) is 0. The Labute approximate surface area is 157 Å². The highest BCUT2D eigenvalue weighted by atomic mass is 16.5. The third kappa shape index (κ3) is 4.41. The third-order valence-electron chi connectivity index (χ3n) is 4.14. The number of hydrogen-bond acceptors (Lipinski definition) is 4. The zero-order chi connectivity index (χ0) is 19.4. The van der Waals surface area contributed by atoms with Crippen LogP contribution in [0.15, 0.2) is 48.5 Å². The van der Waals surface area contributed by atoms with Crippen molar-refractivity contribution in [1.29, 1.82) is 0 Å². The van der Waals surface area contributed by atoms with Crippen molar-refractivity contribution in [3.05, 3.63) is 70.9 Å². The molecule has 1 heterocycles. The van der Waals surface area contributed by atoms with E-state index in [9.17, 15) is 9.59 Å². The molecule has 0 aliphatic heterocycles. The van der Waals surface area contributed by atoms with Crippen molar-refractivity contribution < 1.29 is 14.3 Å². The van der Waals surface area contributed by atoms with Gasteiger partial charge in [-0.3, -0.25) is 9.89 Å². The number of nitrogens with one attached hydrogen (secondary N) is 2. The highest BCUT2D eigenvalue weighted by molar-refractivity contribution is 5.96. The van der Waals surface area contributed by atoms with E-state index in [1.54, 1.807) is 6.07 Å². The fourth-order valence-corrected chi connectivity index (χ4v) is 2.94. The van der Waals surface area contributed by atoms with Crippen LogP contribution in [0.3, 0.4) is 0 Å². The summed E-state index contributed by atoms with van der Waals surface area (Å²) in [6.07, 6.45) is 0. The van der Waals surface area contributed by atoms with Crippen LogP contribution in [0.2, 0.25) is 0 Å². The summed E-state index contributed by atoms with van der Waals surface area (Å²) in [5.74, 6) is -1.02. The average Bonchev–Trinajstić information content (AvgIpc) is 3.14. The van der Waals surface area contributed by atoms with E-state index in [2.05, 4.69) is 15.5 Å². The molecule has 0 fully saturated rings. The number of aromatic amines is 1. The zero-order valence-corrected chi connectivity index (χ0v) is 15.5. The molecule has 0 radical (unpaired) electrons. The second kappa shape index (κ2) is 7.86. The topological polar surface area (TPSA) is 84.1 Å². The number of benzene rings is 2. The van der Waals surface area contributed by atoms with Crippen LogP contribution >= 0.6 is 0 Å². The van der Waals surface area contributed by atoms with E-state index in [0.717, 1.165) is 27.9 Å². The van der Waals surface area contributed by atoms with Gasteiger partial charge in [0, 0.05) is 11.3 Å². The largest absolute Gasteiger partial charge is 0.451 e. The Balaban J connectivity index is 1.60. The molecule has 0 atom stereocenters. The second-order valence-corrected chi connectivity index (χ2v) is 6.43. The molecule has 27 heavy (non-hydrogen) atoms. The molecule has 1 amide bonds. The van der Waals surface area contributed by atoms with Gasteiger partial charge in [0.2, 0.25) is 0 Å². The minimum Gasteiger partial charge on any atom is -0.451 e. The number of carbonyl (C=O) groups is 2. The van der Waals surface area contributed by atoms with Crippen LogP contribution in [-0.2, 0) is 9.53 Å². The van der Waals surface area contributed by atoms with Gasteiger partial charge in [0.25, 0.3) is 5.91 Å². The standard InChI is InChI=1S/C21H21N3O3/c1-13-9-14(2)20(15(3)10-13)22-19(25)12-27-21(26)18-11-17(23-24-18)16-7-5-4-6-8-16/h4-11H,12H2,1-3H3,(H,22,25)(H,23,24). The van der Waals surface area contributed by atoms with Crippen LogP contribution < -0.4 is 5.32 Å². The van der Waals surface area contributed by atoms with Crippen molar-refractivity contribution in [3.8, 4) is 11.3 Å². The average molecular weight is 363 g/mol. The highest BCUT2D eigenvalue weighted by Gasteiger charge is 2.15. The minimum absolute atomic E-state index is 0.198. The van der Waals surface area contributed by atoms with E-state index in [1.807, 2.05) is 63.2 Å². The van der Waals surface area contributed by atoms with Crippen LogP contribution in [0.1, 0.15) is 27.2 Å². The van der Waals surface area contributed by atoms with Gasteiger partial charge in [-0.25, -0.2) is 4.79 Å². The summed E-state index contributed by atoms with van der Waals surface area (Å²) >= 11 is 0. The molecule has 0 saturated carbocycles. The molecule has 0 aliphatic rings. The lowest BCUT2D eigenvalue weighted by atomic mass is 10.1. The molecule has 3 aromatic rings.